The van der Waals surface area contributed by atoms with Gasteiger partial charge in [-0.05, 0) is 43.2 Å². The highest BCUT2D eigenvalue weighted by Crippen LogP contribution is 2.37. The summed E-state index contributed by atoms with van der Waals surface area (Å²) in [5.74, 6) is 0.951. The van der Waals surface area contributed by atoms with Crippen LogP contribution in [0.25, 0.3) is 22.8 Å². The molecule has 12 heteroatoms. The first-order valence-electron chi connectivity index (χ1n) is 12.2. The third-order valence-electron chi connectivity index (χ3n) is 6.51. The van der Waals surface area contributed by atoms with Crippen LogP contribution in [0.3, 0.4) is 0 Å². The Labute approximate surface area is 224 Å². The van der Waals surface area contributed by atoms with E-state index in [0.29, 0.717) is 35.0 Å². The van der Waals surface area contributed by atoms with Crippen molar-refractivity contribution < 1.29 is 26.3 Å². The van der Waals surface area contributed by atoms with Gasteiger partial charge in [-0.1, -0.05) is 65.9 Å². The zero-order chi connectivity index (χ0) is 28.7. The van der Waals surface area contributed by atoms with Crippen LogP contribution in [0.2, 0.25) is 0 Å². The average Bonchev–Trinajstić information content (AvgIpc) is 3.51. The summed E-state index contributed by atoms with van der Waals surface area (Å²) in [5.41, 5.74) is -0.782. The minimum Gasteiger partial charge on any atom is -0.302 e. The van der Waals surface area contributed by atoms with Gasteiger partial charge in [0, 0.05) is 5.56 Å². The van der Waals surface area contributed by atoms with Gasteiger partial charge in [0.2, 0.25) is 0 Å². The molecule has 0 N–H and O–H groups in total. The molecule has 0 spiro atoms. The van der Waals surface area contributed by atoms with E-state index in [4.69, 9.17) is 0 Å². The fourth-order valence-corrected chi connectivity index (χ4v) is 4.61. The van der Waals surface area contributed by atoms with Gasteiger partial charge in [-0.2, -0.15) is 26.3 Å². The Balaban J connectivity index is 1.66. The maximum atomic E-state index is 13.5. The predicted molar refractivity (Wildman–Crippen MR) is 135 cm³/mol. The van der Waals surface area contributed by atoms with Crippen molar-refractivity contribution in [2.45, 2.75) is 38.8 Å². The molecule has 0 unspecified atom stereocenters. The van der Waals surface area contributed by atoms with Crippen molar-refractivity contribution in [3.63, 3.8) is 0 Å². The number of hydrogen-bond donors (Lipinski definition) is 0. The van der Waals surface area contributed by atoms with Crippen LogP contribution in [0, 0.1) is 6.92 Å². The van der Waals surface area contributed by atoms with Gasteiger partial charge in [0.25, 0.3) is 0 Å². The molecule has 0 aliphatic carbocycles. The van der Waals surface area contributed by atoms with Gasteiger partial charge in [0.05, 0.1) is 23.7 Å². The number of halogens is 6. The number of rotatable bonds is 6. The molecule has 0 fully saturated rings. The summed E-state index contributed by atoms with van der Waals surface area (Å²) in [7, 11) is 0. The van der Waals surface area contributed by atoms with Crippen LogP contribution < -0.4 is 0 Å². The van der Waals surface area contributed by atoms with Crippen molar-refractivity contribution >= 4 is 0 Å². The zero-order valence-electron chi connectivity index (χ0n) is 21.2. The quantitative estimate of drug-likeness (QED) is 0.208. The van der Waals surface area contributed by atoms with E-state index in [1.165, 1.54) is 4.68 Å². The second kappa shape index (κ2) is 10.2. The molecule has 0 saturated heterocycles. The van der Waals surface area contributed by atoms with Crippen molar-refractivity contribution in [3.05, 3.63) is 107 Å². The molecule has 2 heterocycles. The van der Waals surface area contributed by atoms with E-state index in [1.807, 2.05) is 41.8 Å². The third-order valence-corrected chi connectivity index (χ3v) is 6.51. The van der Waals surface area contributed by atoms with Gasteiger partial charge in [0.1, 0.15) is 11.5 Å². The molecule has 0 bridgehead atoms. The van der Waals surface area contributed by atoms with Crippen LogP contribution >= 0.6 is 0 Å². The molecule has 6 nitrogen and oxygen atoms in total. The Morgan fingerprint density at radius 3 is 1.90 bits per heavy atom. The summed E-state index contributed by atoms with van der Waals surface area (Å²) < 4.78 is 84.1. The number of aryl methyl sites for hydroxylation is 1. The van der Waals surface area contributed by atoms with E-state index in [1.54, 1.807) is 37.3 Å². The largest absolute Gasteiger partial charge is 0.416 e. The zero-order valence-corrected chi connectivity index (χ0v) is 21.2. The molecule has 0 aliphatic rings. The molecule has 2 aromatic heterocycles. The van der Waals surface area contributed by atoms with Crippen molar-refractivity contribution in [1.82, 2.24) is 29.8 Å². The molecule has 40 heavy (non-hydrogen) atoms. The first-order valence-corrected chi connectivity index (χ1v) is 12.2. The van der Waals surface area contributed by atoms with E-state index in [-0.39, 0.29) is 23.4 Å². The maximum Gasteiger partial charge on any atom is 0.416 e. The van der Waals surface area contributed by atoms with E-state index >= 15 is 0 Å². The minimum absolute atomic E-state index is 0.102. The van der Waals surface area contributed by atoms with Crippen LogP contribution in [0.1, 0.15) is 41.0 Å². The number of aromatic nitrogens is 6. The normalized spacial score (nSPS) is 13.0. The van der Waals surface area contributed by atoms with E-state index in [9.17, 15) is 26.3 Å². The van der Waals surface area contributed by atoms with E-state index in [0.717, 1.165) is 5.56 Å². The number of hydrogen-bond acceptors (Lipinski definition) is 4. The molecular weight excluding hydrogens is 534 g/mol. The molecule has 0 aliphatic heterocycles. The first-order chi connectivity index (χ1) is 18.9. The molecular formula is C28H22F6N6. The van der Waals surface area contributed by atoms with Gasteiger partial charge in [0.15, 0.2) is 11.5 Å². The molecule has 0 saturated carbocycles. The average molecular weight is 557 g/mol. The van der Waals surface area contributed by atoms with Crippen LogP contribution in [0.15, 0.2) is 78.9 Å². The summed E-state index contributed by atoms with van der Waals surface area (Å²) in [6.45, 7) is 3.35. The smallest absolute Gasteiger partial charge is 0.302 e. The fraction of sp³-hybridized carbons (Fsp3) is 0.214. The van der Waals surface area contributed by atoms with Crippen molar-refractivity contribution in [2.24, 2.45) is 0 Å². The lowest BCUT2D eigenvalue weighted by Gasteiger charge is -2.18. The standard InChI is InChI=1S/C28H22F6N6/c1-17(20-9-5-3-6-10-20)40-18(2)35-37-26(40)24-25(21-11-7-4-8-12-21)39(38-36-24)16-19-13-22(27(29,30)31)15-23(14-19)28(32,33)34/h3-15,17H,16H2,1-2H3/t17-/m0/s1. The van der Waals surface area contributed by atoms with E-state index < -0.39 is 30.0 Å². The monoisotopic (exact) mass is 556 g/mol. The molecule has 3 aromatic carbocycles. The molecule has 206 valence electrons. The molecule has 5 aromatic rings. The number of nitrogens with zero attached hydrogens (tertiary/aromatic N) is 6. The summed E-state index contributed by atoms with van der Waals surface area (Å²) in [6.07, 6.45) is -9.93. The Bertz CT molecular complexity index is 1590. The number of benzene rings is 3. The Morgan fingerprint density at radius 1 is 0.750 bits per heavy atom. The highest BCUT2D eigenvalue weighted by Gasteiger charge is 2.37. The molecule has 0 radical (unpaired) electrons. The second-order valence-electron chi connectivity index (χ2n) is 9.25. The minimum atomic E-state index is -4.96. The Kier molecular flexibility index (Phi) is 6.94. The highest BCUT2D eigenvalue weighted by molar-refractivity contribution is 5.75. The SMILES string of the molecule is Cc1nnc(-c2nnn(Cc3cc(C(F)(F)F)cc(C(F)(F)F)c3)c2-c2ccccc2)n1[C@@H](C)c1ccccc1. The summed E-state index contributed by atoms with van der Waals surface area (Å²) in [4.78, 5) is 0. The van der Waals surface area contributed by atoms with Crippen LogP contribution in [0.4, 0.5) is 26.3 Å². The maximum absolute atomic E-state index is 13.5. The van der Waals surface area contributed by atoms with E-state index in [2.05, 4.69) is 20.5 Å². The predicted octanol–water partition coefficient (Wildman–Crippen LogP) is 7.21. The summed E-state index contributed by atoms with van der Waals surface area (Å²) in [6, 6.07) is 19.7. The summed E-state index contributed by atoms with van der Waals surface area (Å²) >= 11 is 0. The van der Waals surface area contributed by atoms with Crippen molar-refractivity contribution in [3.8, 4) is 22.8 Å². The fourth-order valence-electron chi connectivity index (χ4n) is 4.61. The van der Waals surface area contributed by atoms with Crippen LogP contribution in [-0.4, -0.2) is 29.8 Å². The lowest BCUT2D eigenvalue weighted by molar-refractivity contribution is -0.143. The first kappa shape index (κ1) is 27.1. The molecule has 1 atom stereocenters. The lowest BCUT2D eigenvalue weighted by atomic mass is 10.0. The Morgan fingerprint density at radius 2 is 1.32 bits per heavy atom. The second-order valence-corrected chi connectivity index (χ2v) is 9.25. The highest BCUT2D eigenvalue weighted by atomic mass is 19.4. The number of alkyl halides is 6. The van der Waals surface area contributed by atoms with Crippen molar-refractivity contribution in [2.75, 3.05) is 0 Å². The Hall–Kier alpha value is -4.48. The lowest BCUT2D eigenvalue weighted by Crippen LogP contribution is -2.13. The van der Waals surface area contributed by atoms with Gasteiger partial charge in [-0.25, -0.2) is 4.68 Å². The van der Waals surface area contributed by atoms with Gasteiger partial charge in [-0.3, -0.25) is 0 Å². The third kappa shape index (κ3) is 5.33. The van der Waals surface area contributed by atoms with Gasteiger partial charge < -0.3 is 4.57 Å². The molecule has 5 rings (SSSR count). The van der Waals surface area contributed by atoms with Gasteiger partial charge in [-0.15, -0.1) is 15.3 Å². The summed E-state index contributed by atoms with van der Waals surface area (Å²) in [5, 5.41) is 17.0. The van der Waals surface area contributed by atoms with Crippen LogP contribution in [0.5, 0.6) is 0 Å². The molecule has 0 amide bonds. The van der Waals surface area contributed by atoms with Gasteiger partial charge >= 0.3 is 12.4 Å². The van der Waals surface area contributed by atoms with Crippen LogP contribution in [-0.2, 0) is 18.9 Å². The van der Waals surface area contributed by atoms with Crippen molar-refractivity contribution in [1.29, 1.82) is 0 Å². The topological polar surface area (TPSA) is 61.4 Å².